The topological polar surface area (TPSA) is 86.7 Å². The summed E-state index contributed by atoms with van der Waals surface area (Å²) in [6.45, 7) is 2.52. The molecule has 0 bridgehead atoms. The summed E-state index contributed by atoms with van der Waals surface area (Å²) in [5.74, 6) is -1.32. The van der Waals surface area contributed by atoms with Gasteiger partial charge in [0.15, 0.2) is 0 Å². The van der Waals surface area contributed by atoms with Gasteiger partial charge >= 0.3 is 5.97 Å². The molecule has 0 aromatic heterocycles. The van der Waals surface area contributed by atoms with Crippen LogP contribution < -0.4 is 5.32 Å². The molecule has 0 fully saturated rings. The van der Waals surface area contributed by atoms with Gasteiger partial charge in [-0.1, -0.05) is 0 Å². The molecule has 0 heterocycles. The summed E-state index contributed by atoms with van der Waals surface area (Å²) in [4.78, 5) is 34.1. The summed E-state index contributed by atoms with van der Waals surface area (Å²) < 4.78 is 0. The van der Waals surface area contributed by atoms with E-state index in [0.717, 1.165) is 0 Å². The van der Waals surface area contributed by atoms with Crippen molar-refractivity contribution in [3.63, 3.8) is 0 Å². The van der Waals surface area contributed by atoms with Crippen LogP contribution in [0.3, 0.4) is 0 Å². The number of nitrogens with one attached hydrogen (secondary N) is 1. The monoisotopic (exact) mass is 230 g/mol. The van der Waals surface area contributed by atoms with E-state index in [1.54, 1.807) is 6.92 Å². The predicted octanol–water partition coefficient (Wildman–Crippen LogP) is -0.164. The molecule has 0 aromatic rings. The molecule has 0 saturated carbocycles. The van der Waals surface area contributed by atoms with Crippen molar-refractivity contribution in [1.82, 2.24) is 10.2 Å². The number of amides is 2. The SMILES string of the molecule is CCNC(=O)CCC(=O)N(C)CCC(=O)O. The van der Waals surface area contributed by atoms with Crippen LogP contribution in [0.5, 0.6) is 0 Å². The number of carbonyl (C=O) groups is 3. The Kier molecular flexibility index (Phi) is 6.91. The second-order valence-corrected chi connectivity index (χ2v) is 3.41. The molecule has 16 heavy (non-hydrogen) atoms. The summed E-state index contributed by atoms with van der Waals surface area (Å²) in [6, 6.07) is 0. The lowest BCUT2D eigenvalue weighted by Gasteiger charge is -2.15. The van der Waals surface area contributed by atoms with Crippen molar-refractivity contribution >= 4 is 17.8 Å². The quantitative estimate of drug-likeness (QED) is 0.636. The van der Waals surface area contributed by atoms with E-state index in [4.69, 9.17) is 5.11 Å². The van der Waals surface area contributed by atoms with E-state index in [-0.39, 0.29) is 37.6 Å². The molecule has 0 aromatic carbocycles. The molecule has 0 unspecified atom stereocenters. The van der Waals surface area contributed by atoms with Gasteiger partial charge < -0.3 is 15.3 Å². The molecule has 6 nitrogen and oxygen atoms in total. The van der Waals surface area contributed by atoms with Crippen LogP contribution in [0.1, 0.15) is 26.2 Å². The van der Waals surface area contributed by atoms with Gasteiger partial charge in [0.1, 0.15) is 0 Å². The highest BCUT2D eigenvalue weighted by molar-refractivity contribution is 5.83. The molecular weight excluding hydrogens is 212 g/mol. The first-order valence-corrected chi connectivity index (χ1v) is 5.19. The molecular formula is C10H18N2O4. The highest BCUT2D eigenvalue weighted by atomic mass is 16.4. The normalized spacial score (nSPS) is 9.62. The minimum atomic E-state index is -0.941. The standard InChI is InChI=1S/C10H18N2O4/c1-3-11-8(13)4-5-9(14)12(2)7-6-10(15)16/h3-7H2,1-2H3,(H,11,13)(H,15,16). The van der Waals surface area contributed by atoms with E-state index in [1.807, 2.05) is 0 Å². The zero-order valence-corrected chi connectivity index (χ0v) is 9.65. The van der Waals surface area contributed by atoms with Crippen molar-refractivity contribution in [3.05, 3.63) is 0 Å². The summed E-state index contributed by atoms with van der Waals surface area (Å²) >= 11 is 0. The minimum absolute atomic E-state index is 0.0800. The first-order chi connectivity index (χ1) is 7.47. The van der Waals surface area contributed by atoms with Gasteiger partial charge in [-0.15, -0.1) is 0 Å². The number of rotatable bonds is 7. The fraction of sp³-hybridized carbons (Fsp3) is 0.700. The first-order valence-electron chi connectivity index (χ1n) is 5.19. The molecule has 0 aliphatic rings. The Morgan fingerprint density at radius 2 is 1.81 bits per heavy atom. The third-order valence-electron chi connectivity index (χ3n) is 2.03. The van der Waals surface area contributed by atoms with Crippen LogP contribution in [0.2, 0.25) is 0 Å². The molecule has 2 N–H and O–H groups in total. The first kappa shape index (κ1) is 14.4. The van der Waals surface area contributed by atoms with Crippen molar-refractivity contribution in [3.8, 4) is 0 Å². The fourth-order valence-corrected chi connectivity index (χ4v) is 1.08. The number of hydrogen-bond acceptors (Lipinski definition) is 3. The van der Waals surface area contributed by atoms with E-state index in [9.17, 15) is 14.4 Å². The zero-order valence-electron chi connectivity index (χ0n) is 9.65. The maximum atomic E-state index is 11.4. The Balaban J connectivity index is 3.78. The van der Waals surface area contributed by atoms with Crippen molar-refractivity contribution < 1.29 is 19.5 Å². The average molecular weight is 230 g/mol. The molecule has 0 aliphatic carbocycles. The number of carboxylic acids is 1. The van der Waals surface area contributed by atoms with Crippen LogP contribution in [0.15, 0.2) is 0 Å². The number of nitrogens with zero attached hydrogens (tertiary/aromatic N) is 1. The molecule has 0 spiro atoms. The molecule has 2 amide bonds. The molecule has 0 aliphatic heterocycles. The number of carbonyl (C=O) groups excluding carboxylic acids is 2. The molecule has 0 saturated heterocycles. The number of carboxylic acid groups (broad SMARTS) is 1. The van der Waals surface area contributed by atoms with Crippen molar-refractivity contribution in [1.29, 1.82) is 0 Å². The van der Waals surface area contributed by atoms with Crippen LogP contribution in [0.25, 0.3) is 0 Å². The van der Waals surface area contributed by atoms with Gasteiger partial charge in [-0.25, -0.2) is 0 Å². The Hall–Kier alpha value is -1.59. The van der Waals surface area contributed by atoms with Crippen LogP contribution in [0, 0.1) is 0 Å². The van der Waals surface area contributed by atoms with E-state index in [2.05, 4.69) is 5.32 Å². The summed E-state index contributed by atoms with van der Waals surface area (Å²) in [6.07, 6.45) is 0.176. The minimum Gasteiger partial charge on any atom is -0.481 e. The maximum Gasteiger partial charge on any atom is 0.305 e. The molecule has 92 valence electrons. The van der Waals surface area contributed by atoms with Crippen LogP contribution in [-0.4, -0.2) is 47.9 Å². The van der Waals surface area contributed by atoms with E-state index in [0.29, 0.717) is 6.54 Å². The Morgan fingerprint density at radius 1 is 1.19 bits per heavy atom. The number of aliphatic carboxylic acids is 1. The maximum absolute atomic E-state index is 11.4. The van der Waals surface area contributed by atoms with Crippen LogP contribution in [-0.2, 0) is 14.4 Å². The van der Waals surface area contributed by atoms with Gasteiger partial charge in [0.25, 0.3) is 0 Å². The lowest BCUT2D eigenvalue weighted by atomic mass is 10.2. The van der Waals surface area contributed by atoms with Crippen molar-refractivity contribution in [2.24, 2.45) is 0 Å². The third kappa shape index (κ3) is 6.80. The largest absolute Gasteiger partial charge is 0.481 e. The Morgan fingerprint density at radius 3 is 2.31 bits per heavy atom. The third-order valence-corrected chi connectivity index (χ3v) is 2.03. The van der Waals surface area contributed by atoms with Crippen LogP contribution >= 0.6 is 0 Å². The van der Waals surface area contributed by atoms with Gasteiger partial charge in [0, 0.05) is 33.0 Å². The summed E-state index contributed by atoms with van der Waals surface area (Å²) in [7, 11) is 1.53. The van der Waals surface area contributed by atoms with Gasteiger partial charge in [-0.3, -0.25) is 14.4 Å². The predicted molar refractivity (Wildman–Crippen MR) is 57.8 cm³/mol. The van der Waals surface area contributed by atoms with Gasteiger partial charge in [-0.05, 0) is 6.92 Å². The molecule has 0 rings (SSSR count). The Labute approximate surface area is 94.6 Å². The van der Waals surface area contributed by atoms with Gasteiger partial charge in [-0.2, -0.15) is 0 Å². The zero-order chi connectivity index (χ0) is 12.6. The van der Waals surface area contributed by atoms with Crippen LogP contribution in [0.4, 0.5) is 0 Å². The second kappa shape index (κ2) is 7.67. The van der Waals surface area contributed by atoms with Crippen molar-refractivity contribution in [2.75, 3.05) is 20.1 Å². The van der Waals surface area contributed by atoms with Crippen molar-refractivity contribution in [2.45, 2.75) is 26.2 Å². The second-order valence-electron chi connectivity index (χ2n) is 3.41. The number of hydrogen-bond donors (Lipinski definition) is 2. The smallest absolute Gasteiger partial charge is 0.305 e. The van der Waals surface area contributed by atoms with E-state index >= 15 is 0 Å². The molecule has 6 heteroatoms. The fourth-order valence-electron chi connectivity index (χ4n) is 1.08. The lowest BCUT2D eigenvalue weighted by molar-refractivity contribution is -0.138. The molecule has 0 atom stereocenters. The van der Waals surface area contributed by atoms with E-state index < -0.39 is 5.97 Å². The summed E-state index contributed by atoms with van der Waals surface area (Å²) in [5.41, 5.74) is 0. The van der Waals surface area contributed by atoms with Gasteiger partial charge in [0.2, 0.25) is 11.8 Å². The average Bonchev–Trinajstić information content (AvgIpc) is 2.22. The highest BCUT2D eigenvalue weighted by Gasteiger charge is 2.11. The van der Waals surface area contributed by atoms with Gasteiger partial charge in [0.05, 0.1) is 6.42 Å². The summed E-state index contributed by atoms with van der Waals surface area (Å²) in [5, 5.41) is 11.0. The molecule has 0 radical (unpaired) electrons. The highest BCUT2D eigenvalue weighted by Crippen LogP contribution is 1.97. The lowest BCUT2D eigenvalue weighted by Crippen LogP contribution is -2.31. The Bertz CT molecular complexity index is 266. The van der Waals surface area contributed by atoms with E-state index in [1.165, 1.54) is 11.9 Å².